The molecule has 1 amide bonds. The number of alkyl halides is 3. The summed E-state index contributed by atoms with van der Waals surface area (Å²) in [4.78, 5) is 12.0. The van der Waals surface area contributed by atoms with Crippen LogP contribution in [-0.4, -0.2) is 44.3 Å². The van der Waals surface area contributed by atoms with E-state index in [9.17, 15) is 28.2 Å². The van der Waals surface area contributed by atoms with Gasteiger partial charge >= 0.3 is 6.18 Å². The summed E-state index contributed by atoms with van der Waals surface area (Å²) >= 11 is 0. The molecule has 1 fully saturated rings. The zero-order valence-electron chi connectivity index (χ0n) is 18.2. The van der Waals surface area contributed by atoms with E-state index in [1.807, 2.05) is 6.92 Å². The lowest BCUT2D eigenvalue weighted by Crippen LogP contribution is -2.44. The van der Waals surface area contributed by atoms with Crippen LogP contribution in [-0.2, 0) is 5.41 Å². The van der Waals surface area contributed by atoms with Crippen LogP contribution in [0.25, 0.3) is 0 Å². The fourth-order valence-electron chi connectivity index (χ4n) is 4.27. The summed E-state index contributed by atoms with van der Waals surface area (Å²) < 4.78 is 40.7. The minimum atomic E-state index is -4.74. The van der Waals surface area contributed by atoms with Crippen LogP contribution in [0.3, 0.4) is 0 Å². The molecule has 0 radical (unpaired) electrons. The predicted octanol–water partition coefficient (Wildman–Crippen LogP) is 3.65. The Bertz CT molecular complexity index is 956. The molecule has 0 saturated heterocycles. The zero-order chi connectivity index (χ0) is 23.8. The number of halogens is 3. The molecule has 4 atom stereocenters. The highest BCUT2D eigenvalue weighted by molar-refractivity contribution is 5.98. The van der Waals surface area contributed by atoms with Crippen molar-refractivity contribution in [2.75, 3.05) is 5.32 Å². The molecular formula is C22H29F3N4O3. The molecule has 32 heavy (non-hydrogen) atoms. The number of nitrogens with zero attached hydrogens (tertiary/aromatic N) is 2. The maximum absolute atomic E-state index is 13.0. The number of nitrogens with two attached hydrogens (primary N) is 1. The number of rotatable bonds is 6. The quantitative estimate of drug-likeness (QED) is 0.532. The first-order valence-corrected chi connectivity index (χ1v) is 10.5. The Morgan fingerprint density at radius 1 is 1.25 bits per heavy atom. The van der Waals surface area contributed by atoms with E-state index in [0.29, 0.717) is 30.5 Å². The number of hydrogen-bond donors (Lipinski definition) is 4. The largest absolute Gasteiger partial charge is 0.415 e. The second-order valence-electron chi connectivity index (χ2n) is 9.12. The van der Waals surface area contributed by atoms with Crippen LogP contribution in [0.4, 0.5) is 24.7 Å². The first-order valence-electron chi connectivity index (χ1n) is 10.5. The summed E-state index contributed by atoms with van der Waals surface area (Å²) in [5.74, 6) is -0.250. The summed E-state index contributed by atoms with van der Waals surface area (Å²) in [5, 5.41) is 27.1. The summed E-state index contributed by atoms with van der Waals surface area (Å²) in [6, 6.07) is 6.11. The topological polar surface area (TPSA) is 113 Å². The number of nitrogens with one attached hydrogen (secondary N) is 1. The van der Waals surface area contributed by atoms with Crippen molar-refractivity contribution >= 4 is 17.4 Å². The van der Waals surface area contributed by atoms with Crippen LogP contribution in [0.1, 0.15) is 62.0 Å². The SMILES string of the molecule is C[C@H]1C[C@@H](O)CC[C@@H]1n1cc(C(N)=O)c(Nc2ccc(C(C)(C)C(O)C(F)(F)F)cc2)n1. The highest BCUT2D eigenvalue weighted by Crippen LogP contribution is 2.38. The van der Waals surface area contributed by atoms with Crippen molar-refractivity contribution < 1.29 is 28.2 Å². The molecule has 7 nitrogen and oxygen atoms in total. The molecule has 5 N–H and O–H groups in total. The maximum Gasteiger partial charge on any atom is 0.415 e. The van der Waals surface area contributed by atoms with E-state index in [4.69, 9.17) is 5.73 Å². The minimum absolute atomic E-state index is 0.0130. The Labute approximate surface area is 184 Å². The third kappa shape index (κ3) is 4.91. The van der Waals surface area contributed by atoms with Crippen molar-refractivity contribution in [3.8, 4) is 0 Å². The molecule has 1 aromatic heterocycles. The number of amides is 1. The van der Waals surface area contributed by atoms with Gasteiger partial charge in [-0.05, 0) is 42.9 Å². The van der Waals surface area contributed by atoms with Crippen LogP contribution >= 0.6 is 0 Å². The van der Waals surface area contributed by atoms with Crippen LogP contribution in [0.15, 0.2) is 30.5 Å². The molecule has 176 valence electrons. The molecule has 3 rings (SSSR count). The second kappa shape index (κ2) is 8.74. The fourth-order valence-corrected chi connectivity index (χ4v) is 4.27. The van der Waals surface area contributed by atoms with Gasteiger partial charge in [0.15, 0.2) is 11.9 Å². The maximum atomic E-state index is 13.0. The van der Waals surface area contributed by atoms with Crippen LogP contribution in [0.5, 0.6) is 0 Å². The number of aliphatic hydroxyl groups excluding tert-OH is 2. The zero-order valence-corrected chi connectivity index (χ0v) is 18.2. The van der Waals surface area contributed by atoms with Crippen molar-refractivity contribution in [2.45, 2.75) is 69.9 Å². The Morgan fingerprint density at radius 3 is 2.41 bits per heavy atom. The molecule has 1 unspecified atom stereocenters. The number of carbonyl (C=O) groups excluding carboxylic acids is 1. The number of hydrogen-bond acceptors (Lipinski definition) is 5. The highest BCUT2D eigenvalue weighted by atomic mass is 19.4. The van der Waals surface area contributed by atoms with Crippen LogP contribution in [0.2, 0.25) is 0 Å². The number of aromatic nitrogens is 2. The third-order valence-electron chi connectivity index (χ3n) is 6.32. The normalized spacial score (nSPS) is 23.1. The summed E-state index contributed by atoms with van der Waals surface area (Å²) in [6.45, 7) is 4.66. The summed E-state index contributed by atoms with van der Waals surface area (Å²) in [6.07, 6.45) is -4.01. The molecular weight excluding hydrogens is 425 g/mol. The lowest BCUT2D eigenvalue weighted by Gasteiger charge is -2.32. The predicted molar refractivity (Wildman–Crippen MR) is 114 cm³/mol. The number of aliphatic hydroxyl groups is 2. The highest BCUT2D eigenvalue weighted by Gasteiger charge is 2.48. The molecule has 0 aliphatic heterocycles. The van der Waals surface area contributed by atoms with Gasteiger partial charge in [-0.25, -0.2) is 0 Å². The number of anilines is 2. The van der Waals surface area contributed by atoms with Crippen molar-refractivity contribution in [2.24, 2.45) is 11.7 Å². The molecule has 2 aromatic rings. The van der Waals surface area contributed by atoms with E-state index in [1.165, 1.54) is 26.0 Å². The second-order valence-corrected chi connectivity index (χ2v) is 9.12. The van der Waals surface area contributed by atoms with E-state index in [-0.39, 0.29) is 29.4 Å². The van der Waals surface area contributed by atoms with E-state index < -0.39 is 23.6 Å². The third-order valence-corrected chi connectivity index (χ3v) is 6.32. The Hall–Kier alpha value is -2.59. The number of primary amides is 1. The molecule has 10 heteroatoms. The van der Waals surface area contributed by atoms with E-state index >= 15 is 0 Å². The summed E-state index contributed by atoms with van der Waals surface area (Å²) in [7, 11) is 0. The Morgan fingerprint density at radius 2 is 1.88 bits per heavy atom. The van der Waals surface area contributed by atoms with Crippen molar-refractivity contribution in [3.63, 3.8) is 0 Å². The van der Waals surface area contributed by atoms with Gasteiger partial charge in [-0.1, -0.05) is 32.9 Å². The fraction of sp³-hybridized carbons (Fsp3) is 0.545. The molecule has 0 bridgehead atoms. The molecule has 1 aromatic carbocycles. The number of carbonyl (C=O) groups is 1. The van der Waals surface area contributed by atoms with Gasteiger partial charge in [0.25, 0.3) is 5.91 Å². The smallest absolute Gasteiger partial charge is 0.393 e. The van der Waals surface area contributed by atoms with Gasteiger partial charge < -0.3 is 21.3 Å². The van der Waals surface area contributed by atoms with Gasteiger partial charge in [-0.3, -0.25) is 9.48 Å². The van der Waals surface area contributed by atoms with Gasteiger partial charge in [0, 0.05) is 17.3 Å². The van der Waals surface area contributed by atoms with Crippen molar-refractivity contribution in [3.05, 3.63) is 41.6 Å². The van der Waals surface area contributed by atoms with Gasteiger partial charge in [0.2, 0.25) is 0 Å². The lowest BCUT2D eigenvalue weighted by molar-refractivity contribution is -0.221. The first-order chi connectivity index (χ1) is 14.8. The molecule has 1 saturated carbocycles. The van der Waals surface area contributed by atoms with E-state index in [2.05, 4.69) is 10.4 Å². The van der Waals surface area contributed by atoms with Gasteiger partial charge in [-0.2, -0.15) is 18.3 Å². The van der Waals surface area contributed by atoms with E-state index in [1.54, 1.807) is 23.0 Å². The van der Waals surface area contributed by atoms with Gasteiger partial charge in [0.1, 0.15) is 5.56 Å². The molecule has 1 aliphatic rings. The van der Waals surface area contributed by atoms with Crippen molar-refractivity contribution in [1.29, 1.82) is 0 Å². The lowest BCUT2D eigenvalue weighted by atomic mass is 9.79. The molecule has 1 heterocycles. The average molecular weight is 454 g/mol. The number of benzene rings is 1. The van der Waals surface area contributed by atoms with Crippen molar-refractivity contribution in [1.82, 2.24) is 9.78 Å². The first kappa shape index (κ1) is 24.1. The van der Waals surface area contributed by atoms with E-state index in [0.717, 1.165) is 0 Å². The molecule has 1 aliphatic carbocycles. The van der Waals surface area contributed by atoms with Gasteiger partial charge in [0.05, 0.1) is 12.1 Å². The van der Waals surface area contributed by atoms with Gasteiger partial charge in [-0.15, -0.1) is 0 Å². The Kier molecular flexibility index (Phi) is 6.57. The minimum Gasteiger partial charge on any atom is -0.393 e. The monoisotopic (exact) mass is 454 g/mol. The Balaban J connectivity index is 1.83. The van der Waals surface area contributed by atoms with Crippen LogP contribution < -0.4 is 11.1 Å². The molecule has 0 spiro atoms. The summed E-state index contributed by atoms with van der Waals surface area (Å²) in [5.41, 5.74) is 4.98. The van der Waals surface area contributed by atoms with Crippen LogP contribution in [0, 0.1) is 5.92 Å². The average Bonchev–Trinajstić information content (AvgIpc) is 3.10. The standard InChI is InChI=1S/C22H29F3N4O3/c1-12-10-15(30)8-9-17(12)29-11-16(18(26)31)19(28-29)27-14-6-4-13(5-7-14)21(2,3)20(32)22(23,24)25/h4-7,11-12,15,17,20,30,32H,8-10H2,1-3H3,(H2,26,31)(H,27,28)/t12-,15-,17-,20?/m0/s1.